The maximum absolute atomic E-state index is 4.70. The van der Waals surface area contributed by atoms with E-state index in [9.17, 15) is 0 Å². The third-order valence-corrected chi connectivity index (χ3v) is 4.33. The van der Waals surface area contributed by atoms with E-state index in [1.54, 1.807) is 0 Å². The average Bonchev–Trinajstić information content (AvgIpc) is 2.81. The lowest BCUT2D eigenvalue weighted by Crippen LogP contribution is -2.25. The summed E-state index contributed by atoms with van der Waals surface area (Å²) in [5, 5.41) is 3.40. The molecule has 0 spiro atoms. The molecule has 20 heavy (non-hydrogen) atoms. The van der Waals surface area contributed by atoms with Gasteiger partial charge in [-0.3, -0.25) is 0 Å². The lowest BCUT2D eigenvalue weighted by Gasteiger charge is -2.18. The number of aromatic nitrogens is 2. The van der Waals surface area contributed by atoms with Crippen LogP contribution in [-0.4, -0.2) is 16.1 Å². The first-order valence-corrected chi connectivity index (χ1v) is 7.56. The zero-order valence-corrected chi connectivity index (χ0v) is 12.4. The fraction of sp³-hybridized carbons (Fsp3) is 0.471. The van der Waals surface area contributed by atoms with Gasteiger partial charge in [0.05, 0.1) is 5.69 Å². The Morgan fingerprint density at radius 1 is 1.30 bits per heavy atom. The van der Waals surface area contributed by atoms with Gasteiger partial charge in [0.2, 0.25) is 0 Å². The summed E-state index contributed by atoms with van der Waals surface area (Å²) in [6.07, 6.45) is 2.27. The summed E-state index contributed by atoms with van der Waals surface area (Å²) in [6.45, 7) is 7.52. The van der Waals surface area contributed by atoms with Crippen molar-refractivity contribution >= 4 is 0 Å². The van der Waals surface area contributed by atoms with Gasteiger partial charge in [-0.25, -0.2) is 4.98 Å². The number of nitrogens with zero attached hydrogens (tertiary/aromatic N) is 2. The molecule has 2 aromatic rings. The Hall–Kier alpha value is -1.61. The fourth-order valence-electron chi connectivity index (χ4n) is 3.07. The number of nitrogens with one attached hydrogen (secondary N) is 1. The molecule has 1 N–H and O–H groups in total. The number of rotatable bonds is 4. The molecular weight excluding hydrogens is 246 g/mol. The van der Waals surface area contributed by atoms with Gasteiger partial charge >= 0.3 is 0 Å². The van der Waals surface area contributed by atoms with E-state index in [1.165, 1.54) is 29.2 Å². The molecule has 1 aliphatic rings. The van der Waals surface area contributed by atoms with Crippen LogP contribution in [0, 0.1) is 6.92 Å². The quantitative estimate of drug-likeness (QED) is 0.924. The molecule has 0 fully saturated rings. The molecule has 0 bridgehead atoms. The van der Waals surface area contributed by atoms with Crippen LogP contribution in [0.4, 0.5) is 0 Å². The summed E-state index contributed by atoms with van der Waals surface area (Å²) in [6, 6.07) is 10.8. The molecule has 1 aromatic carbocycles. The molecule has 3 nitrogen and oxygen atoms in total. The van der Waals surface area contributed by atoms with E-state index in [0.29, 0.717) is 5.92 Å². The molecule has 0 amide bonds. The lowest BCUT2D eigenvalue weighted by atomic mass is 9.98. The topological polar surface area (TPSA) is 29.9 Å². The Kier molecular flexibility index (Phi) is 3.88. The van der Waals surface area contributed by atoms with Crippen LogP contribution < -0.4 is 5.32 Å². The van der Waals surface area contributed by atoms with E-state index in [0.717, 1.165) is 26.1 Å². The zero-order chi connectivity index (χ0) is 13.9. The molecule has 1 aliphatic heterocycles. The van der Waals surface area contributed by atoms with Crippen LogP contribution in [0.5, 0.6) is 0 Å². The molecule has 2 heterocycles. The Bertz CT molecular complexity index is 571. The van der Waals surface area contributed by atoms with Crippen molar-refractivity contribution in [1.29, 1.82) is 0 Å². The summed E-state index contributed by atoms with van der Waals surface area (Å²) in [5.41, 5.74) is 4.13. The van der Waals surface area contributed by atoms with E-state index in [-0.39, 0.29) is 0 Å². The molecule has 0 saturated carbocycles. The van der Waals surface area contributed by atoms with Crippen molar-refractivity contribution in [2.75, 3.05) is 6.54 Å². The largest absolute Gasteiger partial charge is 0.332 e. The summed E-state index contributed by atoms with van der Waals surface area (Å²) < 4.78 is 2.43. The van der Waals surface area contributed by atoms with E-state index < -0.39 is 0 Å². The smallest absolute Gasteiger partial charge is 0.106 e. The van der Waals surface area contributed by atoms with Gasteiger partial charge in [-0.2, -0.15) is 0 Å². The number of aryl methyl sites for hydroxylation is 1. The van der Waals surface area contributed by atoms with E-state index >= 15 is 0 Å². The molecule has 3 rings (SSSR count). The molecule has 0 aliphatic carbocycles. The van der Waals surface area contributed by atoms with Crippen molar-refractivity contribution in [3.63, 3.8) is 0 Å². The summed E-state index contributed by atoms with van der Waals surface area (Å²) in [4.78, 5) is 4.70. The van der Waals surface area contributed by atoms with Gasteiger partial charge in [0.25, 0.3) is 0 Å². The number of benzene rings is 1. The molecule has 1 atom stereocenters. The van der Waals surface area contributed by atoms with Gasteiger partial charge in [0, 0.05) is 31.7 Å². The monoisotopic (exact) mass is 269 g/mol. The first-order valence-electron chi connectivity index (χ1n) is 7.56. The summed E-state index contributed by atoms with van der Waals surface area (Å²) in [7, 11) is 0. The van der Waals surface area contributed by atoms with Gasteiger partial charge in [-0.15, -0.1) is 0 Å². The highest BCUT2D eigenvalue weighted by Crippen LogP contribution is 2.22. The summed E-state index contributed by atoms with van der Waals surface area (Å²) >= 11 is 0. The van der Waals surface area contributed by atoms with Crippen molar-refractivity contribution in [1.82, 2.24) is 14.9 Å². The third kappa shape index (κ3) is 2.63. The molecule has 1 unspecified atom stereocenters. The van der Waals surface area contributed by atoms with Crippen LogP contribution >= 0.6 is 0 Å². The predicted molar refractivity (Wildman–Crippen MR) is 81.8 cm³/mol. The van der Waals surface area contributed by atoms with Crippen LogP contribution in [0.25, 0.3) is 0 Å². The Morgan fingerprint density at radius 3 is 2.90 bits per heavy atom. The van der Waals surface area contributed by atoms with Crippen molar-refractivity contribution < 1.29 is 0 Å². The molecular formula is C17H23N3. The second kappa shape index (κ2) is 5.80. The highest BCUT2D eigenvalue weighted by Gasteiger charge is 2.18. The standard InChI is InChI=1S/C17H23N3/c1-13(15-6-4-3-5-7-15)9-11-20-14(2)19-16-12-18-10-8-17(16)20/h3-7,13,18H,8-12H2,1-2H3. The minimum absolute atomic E-state index is 0.593. The van der Waals surface area contributed by atoms with Crippen LogP contribution in [0.3, 0.4) is 0 Å². The van der Waals surface area contributed by atoms with Crippen LogP contribution in [0.2, 0.25) is 0 Å². The SMILES string of the molecule is Cc1nc2c(n1CCC(C)c1ccccc1)CCNC2. The minimum Gasteiger partial charge on any atom is -0.332 e. The highest BCUT2D eigenvalue weighted by atomic mass is 15.1. The van der Waals surface area contributed by atoms with Gasteiger partial charge in [0.1, 0.15) is 5.82 Å². The normalized spacial score (nSPS) is 15.9. The second-order valence-electron chi connectivity index (χ2n) is 5.73. The Labute approximate surface area is 121 Å². The third-order valence-electron chi connectivity index (χ3n) is 4.33. The van der Waals surface area contributed by atoms with E-state index in [1.807, 2.05) is 0 Å². The van der Waals surface area contributed by atoms with Gasteiger partial charge in [-0.1, -0.05) is 37.3 Å². The number of imidazole rings is 1. The zero-order valence-electron chi connectivity index (χ0n) is 12.4. The first kappa shape index (κ1) is 13.4. The summed E-state index contributed by atoms with van der Waals surface area (Å²) in [5.74, 6) is 1.76. The van der Waals surface area contributed by atoms with E-state index in [2.05, 4.69) is 54.1 Å². The van der Waals surface area contributed by atoms with Gasteiger partial charge in [-0.05, 0) is 24.8 Å². The minimum atomic E-state index is 0.593. The Balaban J connectivity index is 1.71. The maximum Gasteiger partial charge on any atom is 0.106 e. The van der Waals surface area contributed by atoms with Crippen molar-refractivity contribution in [2.24, 2.45) is 0 Å². The number of fused-ring (bicyclic) bond motifs is 1. The van der Waals surface area contributed by atoms with Crippen molar-refractivity contribution in [3.05, 3.63) is 53.1 Å². The van der Waals surface area contributed by atoms with Gasteiger partial charge in [0.15, 0.2) is 0 Å². The number of hydrogen-bond acceptors (Lipinski definition) is 2. The molecule has 0 saturated heterocycles. The van der Waals surface area contributed by atoms with Crippen molar-refractivity contribution in [3.8, 4) is 0 Å². The molecule has 106 valence electrons. The van der Waals surface area contributed by atoms with E-state index in [4.69, 9.17) is 4.98 Å². The molecule has 3 heteroatoms. The first-order chi connectivity index (χ1) is 9.75. The Morgan fingerprint density at radius 2 is 2.10 bits per heavy atom. The fourth-order valence-corrected chi connectivity index (χ4v) is 3.07. The van der Waals surface area contributed by atoms with Crippen LogP contribution in [0.15, 0.2) is 30.3 Å². The van der Waals surface area contributed by atoms with Gasteiger partial charge < -0.3 is 9.88 Å². The van der Waals surface area contributed by atoms with Crippen LogP contribution in [0.1, 0.15) is 42.0 Å². The highest BCUT2D eigenvalue weighted by molar-refractivity contribution is 5.21. The maximum atomic E-state index is 4.70. The predicted octanol–water partition coefficient (Wildman–Crippen LogP) is 3.03. The average molecular weight is 269 g/mol. The molecule has 0 radical (unpaired) electrons. The lowest BCUT2D eigenvalue weighted by molar-refractivity contribution is 0.534. The molecule has 1 aromatic heterocycles. The van der Waals surface area contributed by atoms with Crippen LogP contribution in [-0.2, 0) is 19.5 Å². The number of hydrogen-bond donors (Lipinski definition) is 1. The second-order valence-corrected chi connectivity index (χ2v) is 5.73. The van der Waals surface area contributed by atoms with Crippen molar-refractivity contribution in [2.45, 2.75) is 45.7 Å².